The van der Waals surface area contributed by atoms with Gasteiger partial charge in [-0.1, -0.05) is 0 Å². The van der Waals surface area contributed by atoms with Crippen LogP contribution in [0.5, 0.6) is 0 Å². The second-order valence-electron chi connectivity index (χ2n) is 2.46. The number of ether oxygens (including phenoxy) is 1. The lowest BCUT2D eigenvalue weighted by Crippen LogP contribution is -2.08. The fourth-order valence-electron chi connectivity index (χ4n) is 0.765. The number of methoxy groups -OCH3 is 1. The van der Waals surface area contributed by atoms with Crippen LogP contribution in [0.4, 0.5) is 5.82 Å². The van der Waals surface area contributed by atoms with Crippen LogP contribution in [0.3, 0.4) is 0 Å². The van der Waals surface area contributed by atoms with Crippen molar-refractivity contribution >= 4 is 5.82 Å². The smallest absolute Gasteiger partial charge is 0.144 e. The third-order valence-corrected chi connectivity index (χ3v) is 1.39. The fraction of sp³-hybridized carbons (Fsp3) is 0.500. The molecule has 12 heavy (non-hydrogen) atoms. The summed E-state index contributed by atoms with van der Waals surface area (Å²) in [6.07, 6.45) is 3.44. The highest BCUT2D eigenvalue weighted by molar-refractivity contribution is 5.30. The van der Waals surface area contributed by atoms with Crippen LogP contribution in [0, 0.1) is 6.92 Å². The van der Waals surface area contributed by atoms with Crippen LogP contribution >= 0.6 is 0 Å². The van der Waals surface area contributed by atoms with Gasteiger partial charge >= 0.3 is 0 Å². The van der Waals surface area contributed by atoms with E-state index in [4.69, 9.17) is 4.74 Å². The number of rotatable bonds is 4. The van der Waals surface area contributed by atoms with Crippen molar-refractivity contribution in [3.05, 3.63) is 18.1 Å². The van der Waals surface area contributed by atoms with Gasteiger partial charge < -0.3 is 10.1 Å². The molecule has 0 aromatic carbocycles. The van der Waals surface area contributed by atoms with E-state index in [1.54, 1.807) is 19.5 Å². The van der Waals surface area contributed by atoms with Crippen molar-refractivity contribution in [2.75, 3.05) is 25.6 Å². The normalized spacial score (nSPS) is 9.83. The number of nitrogens with one attached hydrogen (secondary N) is 1. The molecule has 1 rings (SSSR count). The Bertz CT molecular complexity index is 222. The molecule has 1 heterocycles. The van der Waals surface area contributed by atoms with Gasteiger partial charge in [-0.15, -0.1) is 0 Å². The van der Waals surface area contributed by atoms with E-state index in [9.17, 15) is 0 Å². The fourth-order valence-corrected chi connectivity index (χ4v) is 0.765. The van der Waals surface area contributed by atoms with E-state index >= 15 is 0 Å². The first-order valence-corrected chi connectivity index (χ1v) is 3.84. The Morgan fingerprint density at radius 3 is 2.83 bits per heavy atom. The van der Waals surface area contributed by atoms with Gasteiger partial charge in [0, 0.05) is 13.7 Å². The molecule has 0 aliphatic rings. The molecule has 0 bridgehead atoms. The van der Waals surface area contributed by atoms with Gasteiger partial charge in [0.25, 0.3) is 0 Å². The van der Waals surface area contributed by atoms with Crippen molar-refractivity contribution in [2.45, 2.75) is 6.92 Å². The molecule has 4 nitrogen and oxygen atoms in total. The van der Waals surface area contributed by atoms with E-state index in [-0.39, 0.29) is 0 Å². The molecule has 1 aromatic heterocycles. The largest absolute Gasteiger partial charge is 0.383 e. The zero-order valence-corrected chi connectivity index (χ0v) is 7.37. The topological polar surface area (TPSA) is 47.0 Å². The maximum Gasteiger partial charge on any atom is 0.144 e. The van der Waals surface area contributed by atoms with Crippen LogP contribution in [0.2, 0.25) is 0 Å². The molecular formula is C8H13N3O. The molecule has 1 N–H and O–H groups in total. The van der Waals surface area contributed by atoms with E-state index in [1.165, 1.54) is 0 Å². The Kier molecular flexibility index (Phi) is 3.47. The molecule has 0 radical (unpaired) electrons. The van der Waals surface area contributed by atoms with Crippen molar-refractivity contribution in [3.63, 3.8) is 0 Å². The van der Waals surface area contributed by atoms with Crippen LogP contribution in [-0.2, 0) is 4.74 Å². The van der Waals surface area contributed by atoms with E-state index < -0.39 is 0 Å². The maximum absolute atomic E-state index is 4.88. The van der Waals surface area contributed by atoms with E-state index in [2.05, 4.69) is 15.3 Å². The number of nitrogens with zero attached hydrogens (tertiary/aromatic N) is 2. The van der Waals surface area contributed by atoms with Crippen molar-refractivity contribution in [1.82, 2.24) is 9.97 Å². The van der Waals surface area contributed by atoms with Gasteiger partial charge in [-0.2, -0.15) is 0 Å². The second-order valence-corrected chi connectivity index (χ2v) is 2.46. The van der Waals surface area contributed by atoms with Crippen LogP contribution in [-0.4, -0.2) is 30.2 Å². The molecule has 0 amide bonds. The number of anilines is 1. The lowest BCUT2D eigenvalue weighted by atomic mass is 10.5. The quantitative estimate of drug-likeness (QED) is 0.675. The first kappa shape index (κ1) is 8.93. The molecule has 0 atom stereocenters. The Labute approximate surface area is 72.0 Å². The number of hydrogen-bond donors (Lipinski definition) is 1. The second kappa shape index (κ2) is 4.66. The van der Waals surface area contributed by atoms with Gasteiger partial charge in [0.15, 0.2) is 0 Å². The first-order valence-electron chi connectivity index (χ1n) is 3.84. The predicted molar refractivity (Wildman–Crippen MR) is 47.1 cm³/mol. The van der Waals surface area contributed by atoms with Gasteiger partial charge in [-0.3, -0.25) is 4.98 Å². The SMILES string of the molecule is COCCNc1cnc(C)cn1. The van der Waals surface area contributed by atoms with E-state index in [0.29, 0.717) is 6.61 Å². The Hall–Kier alpha value is -1.16. The van der Waals surface area contributed by atoms with Crippen molar-refractivity contribution in [2.24, 2.45) is 0 Å². The first-order chi connectivity index (χ1) is 5.83. The highest BCUT2D eigenvalue weighted by atomic mass is 16.5. The molecule has 0 fully saturated rings. The summed E-state index contributed by atoms with van der Waals surface area (Å²) in [6, 6.07) is 0. The van der Waals surface area contributed by atoms with E-state index in [1.807, 2.05) is 6.92 Å². The summed E-state index contributed by atoms with van der Waals surface area (Å²) < 4.78 is 4.88. The van der Waals surface area contributed by atoms with Gasteiger partial charge in [0.2, 0.25) is 0 Å². The Morgan fingerprint density at radius 1 is 1.42 bits per heavy atom. The summed E-state index contributed by atoms with van der Waals surface area (Å²) in [5.41, 5.74) is 0.923. The Balaban J connectivity index is 2.37. The van der Waals surface area contributed by atoms with Crippen molar-refractivity contribution in [1.29, 1.82) is 0 Å². The molecule has 0 aliphatic heterocycles. The maximum atomic E-state index is 4.88. The lowest BCUT2D eigenvalue weighted by molar-refractivity contribution is 0.210. The highest BCUT2D eigenvalue weighted by Gasteiger charge is 1.91. The molecule has 4 heteroatoms. The summed E-state index contributed by atoms with van der Waals surface area (Å²) >= 11 is 0. The summed E-state index contributed by atoms with van der Waals surface area (Å²) in [5.74, 6) is 0.789. The van der Waals surface area contributed by atoms with Crippen LogP contribution in [0.1, 0.15) is 5.69 Å². The zero-order chi connectivity index (χ0) is 8.81. The highest BCUT2D eigenvalue weighted by Crippen LogP contribution is 1.98. The molecule has 1 aromatic rings. The molecule has 0 aliphatic carbocycles. The molecule has 66 valence electrons. The van der Waals surface area contributed by atoms with Crippen LogP contribution < -0.4 is 5.32 Å². The average Bonchev–Trinajstić information content (AvgIpc) is 2.09. The number of aryl methyl sites for hydroxylation is 1. The average molecular weight is 167 g/mol. The summed E-state index contributed by atoms with van der Waals surface area (Å²) in [7, 11) is 1.67. The Morgan fingerprint density at radius 2 is 2.25 bits per heavy atom. The van der Waals surface area contributed by atoms with E-state index in [0.717, 1.165) is 18.1 Å². The minimum absolute atomic E-state index is 0.676. The lowest BCUT2D eigenvalue weighted by Gasteiger charge is -2.03. The number of hydrogen-bond acceptors (Lipinski definition) is 4. The number of aromatic nitrogens is 2. The van der Waals surface area contributed by atoms with Crippen molar-refractivity contribution < 1.29 is 4.74 Å². The van der Waals surface area contributed by atoms with Crippen molar-refractivity contribution in [3.8, 4) is 0 Å². The zero-order valence-electron chi connectivity index (χ0n) is 7.37. The third-order valence-electron chi connectivity index (χ3n) is 1.39. The summed E-state index contributed by atoms with van der Waals surface area (Å²) in [5, 5.41) is 3.07. The standard InChI is InChI=1S/C8H13N3O/c1-7-5-11-8(6-10-7)9-3-4-12-2/h5-6H,3-4H2,1-2H3,(H,9,11). The minimum atomic E-state index is 0.676. The predicted octanol–water partition coefficient (Wildman–Crippen LogP) is 0.843. The van der Waals surface area contributed by atoms with Gasteiger partial charge in [-0.25, -0.2) is 4.98 Å². The van der Waals surface area contributed by atoms with Gasteiger partial charge in [-0.05, 0) is 6.92 Å². The summed E-state index contributed by atoms with van der Waals surface area (Å²) in [6.45, 7) is 3.34. The van der Waals surface area contributed by atoms with Gasteiger partial charge in [0.05, 0.1) is 24.7 Å². The molecule has 0 saturated carbocycles. The molecule has 0 saturated heterocycles. The van der Waals surface area contributed by atoms with Crippen LogP contribution in [0.15, 0.2) is 12.4 Å². The monoisotopic (exact) mass is 167 g/mol. The van der Waals surface area contributed by atoms with Gasteiger partial charge in [0.1, 0.15) is 5.82 Å². The minimum Gasteiger partial charge on any atom is -0.383 e. The third kappa shape index (κ3) is 2.84. The molecule has 0 unspecified atom stereocenters. The summed E-state index contributed by atoms with van der Waals surface area (Å²) in [4.78, 5) is 8.21. The van der Waals surface area contributed by atoms with Crippen LogP contribution in [0.25, 0.3) is 0 Å². The molecular weight excluding hydrogens is 154 g/mol. The molecule has 0 spiro atoms.